The van der Waals surface area contributed by atoms with E-state index in [2.05, 4.69) is 14.9 Å². The monoisotopic (exact) mass is 205 g/mol. The first-order chi connectivity index (χ1) is 7.29. The van der Waals surface area contributed by atoms with E-state index in [0.29, 0.717) is 17.9 Å². The quantitative estimate of drug-likeness (QED) is 0.816. The Labute approximate surface area is 86.8 Å². The lowest BCUT2D eigenvalue weighted by atomic mass is 10.1. The van der Waals surface area contributed by atoms with E-state index in [9.17, 15) is 0 Å². The Balaban J connectivity index is 2.14. The van der Waals surface area contributed by atoms with E-state index in [0.717, 1.165) is 11.3 Å². The van der Waals surface area contributed by atoms with Gasteiger partial charge in [-0.3, -0.25) is 0 Å². The molecule has 0 unspecified atom stereocenters. The van der Waals surface area contributed by atoms with Gasteiger partial charge in [0.15, 0.2) is 5.82 Å². The van der Waals surface area contributed by atoms with Gasteiger partial charge in [0.1, 0.15) is 11.4 Å². The van der Waals surface area contributed by atoms with Crippen LogP contribution in [0.4, 0.5) is 5.82 Å². The molecule has 0 aliphatic rings. The number of aromatic nitrogens is 2. The Morgan fingerprint density at radius 1 is 1.27 bits per heavy atom. The molecule has 1 heterocycles. The van der Waals surface area contributed by atoms with Crippen molar-refractivity contribution in [2.45, 2.75) is 6.42 Å². The van der Waals surface area contributed by atoms with Crippen LogP contribution in [0.1, 0.15) is 11.3 Å². The molecule has 0 saturated heterocycles. The molecule has 5 nitrogen and oxygen atoms in total. The third-order valence-corrected chi connectivity index (χ3v) is 2.12. The average Bonchev–Trinajstić information content (AvgIpc) is 2.66. The predicted octanol–water partition coefficient (Wildman–Crippen LogP) is 1.25. The smallest absolute Gasteiger partial charge is 0.191 e. The van der Waals surface area contributed by atoms with Gasteiger partial charge in [-0.05, 0) is 22.9 Å². The number of hydrogen-bond acceptors (Lipinski definition) is 5. The molecule has 2 rings (SSSR count). The summed E-state index contributed by atoms with van der Waals surface area (Å²) in [6.07, 6.45) is 0.610. The summed E-state index contributed by atoms with van der Waals surface area (Å²) in [7, 11) is 1.63. The van der Waals surface area contributed by atoms with Crippen LogP contribution in [0.3, 0.4) is 0 Å². The van der Waals surface area contributed by atoms with Gasteiger partial charge in [0.2, 0.25) is 0 Å². The minimum Gasteiger partial charge on any atom is -0.497 e. The van der Waals surface area contributed by atoms with Crippen LogP contribution in [0.5, 0.6) is 5.75 Å². The Hall–Kier alpha value is -2.04. The number of ether oxygens (including phenoxy) is 1. The fraction of sp³-hybridized carbons (Fsp3) is 0.200. The average molecular weight is 205 g/mol. The second-order valence-corrected chi connectivity index (χ2v) is 3.12. The van der Waals surface area contributed by atoms with Crippen molar-refractivity contribution in [3.8, 4) is 5.75 Å². The topological polar surface area (TPSA) is 74.2 Å². The molecule has 0 atom stereocenters. The van der Waals surface area contributed by atoms with Gasteiger partial charge >= 0.3 is 0 Å². The Morgan fingerprint density at radius 2 is 2.00 bits per heavy atom. The first-order valence-electron chi connectivity index (χ1n) is 4.49. The van der Waals surface area contributed by atoms with Crippen LogP contribution in [0.2, 0.25) is 0 Å². The van der Waals surface area contributed by atoms with Crippen LogP contribution in [0, 0.1) is 0 Å². The lowest BCUT2D eigenvalue weighted by Crippen LogP contribution is -1.94. The van der Waals surface area contributed by atoms with E-state index < -0.39 is 0 Å². The summed E-state index contributed by atoms with van der Waals surface area (Å²) in [4.78, 5) is 0. The Bertz CT molecular complexity index is 436. The Kier molecular flexibility index (Phi) is 2.53. The molecule has 5 heteroatoms. The van der Waals surface area contributed by atoms with E-state index in [1.54, 1.807) is 7.11 Å². The maximum absolute atomic E-state index is 5.55. The van der Waals surface area contributed by atoms with Crippen LogP contribution < -0.4 is 10.5 Å². The van der Waals surface area contributed by atoms with Crippen molar-refractivity contribution < 1.29 is 9.37 Å². The molecule has 2 aromatic rings. The predicted molar refractivity (Wildman–Crippen MR) is 54.5 cm³/mol. The van der Waals surface area contributed by atoms with Crippen molar-refractivity contribution in [3.05, 3.63) is 35.5 Å². The van der Waals surface area contributed by atoms with Gasteiger partial charge in [0, 0.05) is 6.42 Å². The molecule has 0 saturated carbocycles. The van der Waals surface area contributed by atoms with E-state index >= 15 is 0 Å². The zero-order valence-corrected chi connectivity index (χ0v) is 8.30. The van der Waals surface area contributed by atoms with Crippen LogP contribution in [0.15, 0.2) is 28.9 Å². The third kappa shape index (κ3) is 2.07. The number of nitrogen functional groups attached to an aromatic ring is 1. The molecule has 0 radical (unpaired) electrons. The highest BCUT2D eigenvalue weighted by Crippen LogP contribution is 2.15. The molecule has 15 heavy (non-hydrogen) atoms. The number of rotatable bonds is 3. The van der Waals surface area contributed by atoms with Crippen molar-refractivity contribution in [2.75, 3.05) is 12.8 Å². The summed E-state index contributed by atoms with van der Waals surface area (Å²) < 4.78 is 9.57. The van der Waals surface area contributed by atoms with Gasteiger partial charge in [-0.15, -0.1) is 0 Å². The van der Waals surface area contributed by atoms with E-state index in [1.807, 2.05) is 24.3 Å². The highest BCUT2D eigenvalue weighted by Gasteiger charge is 2.06. The maximum Gasteiger partial charge on any atom is 0.191 e. The van der Waals surface area contributed by atoms with Gasteiger partial charge < -0.3 is 10.5 Å². The molecular formula is C10H11N3O2. The molecule has 0 spiro atoms. The molecule has 1 aromatic carbocycles. The maximum atomic E-state index is 5.55. The highest BCUT2D eigenvalue weighted by atomic mass is 16.6. The molecule has 0 amide bonds. The van der Waals surface area contributed by atoms with Crippen LogP contribution in [0.25, 0.3) is 0 Å². The SMILES string of the molecule is COc1ccc(Cc2nonc2N)cc1. The first kappa shape index (κ1) is 9.51. The molecular weight excluding hydrogens is 194 g/mol. The summed E-state index contributed by atoms with van der Waals surface area (Å²) in [5.74, 6) is 1.16. The summed E-state index contributed by atoms with van der Waals surface area (Å²) in [6, 6.07) is 7.68. The lowest BCUT2D eigenvalue weighted by Gasteiger charge is -2.01. The fourth-order valence-corrected chi connectivity index (χ4v) is 1.27. The summed E-state index contributed by atoms with van der Waals surface area (Å²) in [5.41, 5.74) is 7.29. The normalized spacial score (nSPS) is 10.2. The molecule has 0 aliphatic heterocycles. The standard InChI is InChI=1S/C10H11N3O2/c1-14-8-4-2-7(3-5-8)6-9-10(11)13-15-12-9/h2-5H,6H2,1H3,(H2,11,13). The zero-order valence-electron chi connectivity index (χ0n) is 8.30. The van der Waals surface area contributed by atoms with Crippen LogP contribution >= 0.6 is 0 Å². The van der Waals surface area contributed by atoms with Crippen molar-refractivity contribution >= 4 is 5.82 Å². The van der Waals surface area contributed by atoms with Gasteiger partial charge in [-0.2, -0.15) is 0 Å². The van der Waals surface area contributed by atoms with Crippen molar-refractivity contribution in [1.82, 2.24) is 10.3 Å². The minimum atomic E-state index is 0.339. The number of hydrogen-bond donors (Lipinski definition) is 1. The number of benzene rings is 1. The lowest BCUT2D eigenvalue weighted by molar-refractivity contribution is 0.305. The molecule has 0 aliphatic carbocycles. The second kappa shape index (κ2) is 4.00. The fourth-order valence-electron chi connectivity index (χ4n) is 1.27. The van der Waals surface area contributed by atoms with Gasteiger partial charge in [0.25, 0.3) is 0 Å². The minimum absolute atomic E-state index is 0.339. The molecule has 78 valence electrons. The van der Waals surface area contributed by atoms with Crippen molar-refractivity contribution in [3.63, 3.8) is 0 Å². The van der Waals surface area contributed by atoms with Crippen LogP contribution in [-0.2, 0) is 6.42 Å². The van der Waals surface area contributed by atoms with Crippen molar-refractivity contribution in [1.29, 1.82) is 0 Å². The number of nitrogens with zero attached hydrogens (tertiary/aromatic N) is 2. The van der Waals surface area contributed by atoms with E-state index in [1.165, 1.54) is 0 Å². The van der Waals surface area contributed by atoms with Crippen LogP contribution in [-0.4, -0.2) is 17.4 Å². The zero-order chi connectivity index (χ0) is 10.7. The molecule has 0 bridgehead atoms. The number of anilines is 1. The van der Waals surface area contributed by atoms with Crippen molar-refractivity contribution in [2.24, 2.45) is 0 Å². The molecule has 1 aromatic heterocycles. The number of nitrogens with two attached hydrogens (primary N) is 1. The second-order valence-electron chi connectivity index (χ2n) is 3.12. The first-order valence-corrected chi connectivity index (χ1v) is 4.49. The van der Waals surface area contributed by atoms with Gasteiger partial charge in [-0.1, -0.05) is 17.3 Å². The molecule has 0 fully saturated rings. The number of methoxy groups -OCH3 is 1. The third-order valence-electron chi connectivity index (χ3n) is 2.12. The van der Waals surface area contributed by atoms with Gasteiger partial charge in [-0.25, -0.2) is 4.63 Å². The summed E-state index contributed by atoms with van der Waals surface area (Å²) in [5, 5.41) is 7.22. The summed E-state index contributed by atoms with van der Waals surface area (Å²) >= 11 is 0. The Morgan fingerprint density at radius 3 is 2.53 bits per heavy atom. The molecule has 2 N–H and O–H groups in total. The summed E-state index contributed by atoms with van der Waals surface area (Å²) in [6.45, 7) is 0. The van der Waals surface area contributed by atoms with Gasteiger partial charge in [0.05, 0.1) is 7.11 Å². The highest BCUT2D eigenvalue weighted by molar-refractivity contribution is 5.37. The van der Waals surface area contributed by atoms with E-state index in [-0.39, 0.29) is 0 Å². The van der Waals surface area contributed by atoms with E-state index in [4.69, 9.17) is 10.5 Å². The largest absolute Gasteiger partial charge is 0.497 e.